The molecule has 0 N–H and O–H groups in total. The lowest BCUT2D eigenvalue weighted by atomic mass is 10.1. The lowest BCUT2D eigenvalue weighted by Gasteiger charge is -2.28. The van der Waals surface area contributed by atoms with Crippen LogP contribution in [0.5, 0.6) is 0 Å². The minimum absolute atomic E-state index is 0.0635. The van der Waals surface area contributed by atoms with Crippen LogP contribution in [0.1, 0.15) is 128 Å². The molecule has 0 spiro atoms. The minimum atomic E-state index is -4.66. The van der Waals surface area contributed by atoms with E-state index in [1.807, 2.05) is 21.1 Å². The fraction of sp³-hybridized carbons (Fsp3) is 0.789. The molecule has 0 rings (SSSR count). The molecule has 0 aliphatic rings. The van der Waals surface area contributed by atoms with E-state index in [0.717, 1.165) is 109 Å². The van der Waals surface area contributed by atoms with Crippen LogP contribution in [0.15, 0.2) is 25.3 Å². The van der Waals surface area contributed by atoms with E-state index in [0.29, 0.717) is 37.1 Å². The largest absolute Gasteiger partial charge is 0.756 e. The summed E-state index contributed by atoms with van der Waals surface area (Å²) in [5, 5.41) is 0. The molecule has 0 bridgehead atoms. The van der Waals surface area contributed by atoms with Crippen molar-refractivity contribution in [3.05, 3.63) is 25.3 Å². The predicted octanol–water partition coefficient (Wildman–Crippen LogP) is 6.91. The smallest absolute Gasteiger partial charge is 0.330 e. The molecule has 0 aliphatic carbocycles. The highest BCUT2D eigenvalue weighted by Crippen LogP contribution is 2.38. The number of unbranched alkanes of at least 4 members (excludes halogenated alkanes) is 16. The molecule has 0 aliphatic heterocycles. The molecule has 0 saturated heterocycles. The Morgan fingerprint density at radius 1 is 0.577 bits per heavy atom. The lowest BCUT2D eigenvalue weighted by molar-refractivity contribution is -0.870. The Labute approximate surface area is 313 Å². The van der Waals surface area contributed by atoms with Gasteiger partial charge in [0.1, 0.15) is 19.8 Å². The highest BCUT2D eigenvalue weighted by Gasteiger charge is 2.21. The van der Waals surface area contributed by atoms with E-state index in [1.54, 1.807) is 0 Å². The molecule has 1 unspecified atom stereocenters. The number of esters is 4. The van der Waals surface area contributed by atoms with Gasteiger partial charge in [0.25, 0.3) is 7.82 Å². The van der Waals surface area contributed by atoms with Crippen molar-refractivity contribution in [3.8, 4) is 0 Å². The summed E-state index contributed by atoms with van der Waals surface area (Å²) >= 11 is 0. The maximum absolute atomic E-state index is 12.6. The Bertz CT molecular complexity index is 1050. The number of hydrogen-bond donors (Lipinski definition) is 0. The van der Waals surface area contributed by atoms with E-state index in [9.17, 15) is 28.6 Å². The van der Waals surface area contributed by atoms with Crippen molar-refractivity contribution in [2.75, 3.05) is 60.7 Å². The van der Waals surface area contributed by atoms with Gasteiger partial charge in [0.05, 0.1) is 41.0 Å². The zero-order chi connectivity index (χ0) is 38.9. The standard InChI is InChI=1S/C38H68NO12P/c1-6-35(40)46-29-24-20-16-12-8-10-14-18-22-26-37(42)48-32-34(33-50-52(44,45)49-31-28-39(3,4)5)51-38(43)27-23-19-15-11-9-13-17-21-25-30-47-36(41)7-2/h6-7,34H,1-2,8-33H2,3-5H3/t34-/m1/s1. The average molecular weight is 762 g/mol. The van der Waals surface area contributed by atoms with Crippen molar-refractivity contribution in [2.24, 2.45) is 0 Å². The first kappa shape index (κ1) is 49.4. The van der Waals surface area contributed by atoms with Crippen LogP contribution in [-0.2, 0) is 51.7 Å². The number of carbonyl (C=O) groups is 4. The molecule has 0 aromatic rings. The number of likely N-dealkylation sites (N-methyl/N-ethyl adjacent to an activating group) is 1. The number of carbonyl (C=O) groups excluding carboxylic acids is 4. The van der Waals surface area contributed by atoms with E-state index < -0.39 is 38.4 Å². The summed E-state index contributed by atoms with van der Waals surface area (Å²) < 4.78 is 43.5. The summed E-state index contributed by atoms with van der Waals surface area (Å²) in [7, 11) is 1.05. The Balaban J connectivity index is 4.39. The third kappa shape index (κ3) is 34.5. The molecule has 2 atom stereocenters. The van der Waals surface area contributed by atoms with E-state index in [4.69, 9.17) is 28.0 Å². The summed E-state index contributed by atoms with van der Waals surface area (Å²) in [6.45, 7) is 7.13. The second-order valence-electron chi connectivity index (χ2n) is 14.0. The van der Waals surface area contributed by atoms with Crippen molar-refractivity contribution in [1.29, 1.82) is 0 Å². The zero-order valence-corrected chi connectivity index (χ0v) is 33.2. The van der Waals surface area contributed by atoms with Gasteiger partial charge >= 0.3 is 23.9 Å². The molecule has 0 aromatic carbocycles. The Hall–Kier alpha value is -2.57. The number of nitrogens with zero attached hydrogens (tertiary/aromatic N) is 1. The highest BCUT2D eigenvalue weighted by molar-refractivity contribution is 7.45. The fourth-order valence-electron chi connectivity index (χ4n) is 4.94. The van der Waals surface area contributed by atoms with Gasteiger partial charge in [-0.25, -0.2) is 9.59 Å². The molecule has 14 heteroatoms. The average Bonchev–Trinajstić information content (AvgIpc) is 3.09. The summed E-state index contributed by atoms with van der Waals surface area (Å²) in [4.78, 5) is 59.3. The van der Waals surface area contributed by atoms with Crippen LogP contribution < -0.4 is 4.89 Å². The van der Waals surface area contributed by atoms with Crippen molar-refractivity contribution >= 4 is 31.7 Å². The number of hydrogen-bond acceptors (Lipinski definition) is 12. The first-order chi connectivity index (χ1) is 24.8. The minimum Gasteiger partial charge on any atom is -0.756 e. The SMILES string of the molecule is C=CC(=O)OCCCCCCCCCCCC(=O)OC[C@H](COP(=O)([O-])OCC[N+](C)(C)C)OC(=O)CCCCCCCCCCCOC(=O)C=C. The fourth-order valence-corrected chi connectivity index (χ4v) is 5.67. The summed E-state index contributed by atoms with van der Waals surface area (Å²) in [5.74, 6) is -1.74. The van der Waals surface area contributed by atoms with Gasteiger partial charge < -0.3 is 37.4 Å². The van der Waals surface area contributed by atoms with Crippen molar-refractivity contribution < 1.29 is 61.1 Å². The molecular weight excluding hydrogens is 693 g/mol. The quantitative estimate of drug-likeness (QED) is 0.0162. The van der Waals surface area contributed by atoms with Gasteiger partial charge in [-0.3, -0.25) is 14.2 Å². The van der Waals surface area contributed by atoms with Gasteiger partial charge in [0.15, 0.2) is 6.10 Å². The maximum Gasteiger partial charge on any atom is 0.330 e. The third-order valence-electron chi connectivity index (χ3n) is 8.03. The maximum atomic E-state index is 12.6. The monoisotopic (exact) mass is 761 g/mol. The van der Waals surface area contributed by atoms with Crippen LogP contribution in [-0.4, -0.2) is 95.2 Å². The topological polar surface area (TPSA) is 164 Å². The van der Waals surface area contributed by atoms with Crippen molar-refractivity contribution in [2.45, 2.75) is 135 Å². The lowest BCUT2D eigenvalue weighted by Crippen LogP contribution is -2.37. The molecule has 0 heterocycles. The highest BCUT2D eigenvalue weighted by atomic mass is 31.2. The van der Waals surface area contributed by atoms with E-state index in [1.165, 1.54) is 6.08 Å². The summed E-state index contributed by atoms with van der Waals surface area (Å²) in [6.07, 6.45) is 19.0. The first-order valence-electron chi connectivity index (χ1n) is 19.1. The Morgan fingerprint density at radius 3 is 1.40 bits per heavy atom. The van der Waals surface area contributed by atoms with E-state index >= 15 is 0 Å². The van der Waals surface area contributed by atoms with E-state index in [-0.39, 0.29) is 32.0 Å². The number of ether oxygens (including phenoxy) is 4. The summed E-state index contributed by atoms with van der Waals surface area (Å²) in [6, 6.07) is 0. The normalized spacial score (nSPS) is 13.1. The van der Waals surface area contributed by atoms with Gasteiger partial charge in [0, 0.05) is 25.0 Å². The molecule has 52 heavy (non-hydrogen) atoms. The number of phosphoric ester groups is 1. The Kier molecular flexibility index (Phi) is 30.3. The number of phosphoric acid groups is 1. The summed E-state index contributed by atoms with van der Waals surface area (Å²) in [5.41, 5.74) is 0. The Morgan fingerprint density at radius 2 is 0.981 bits per heavy atom. The molecule has 0 aromatic heterocycles. The van der Waals surface area contributed by atoms with Gasteiger partial charge in [-0.15, -0.1) is 0 Å². The zero-order valence-electron chi connectivity index (χ0n) is 32.3. The second kappa shape index (κ2) is 31.9. The third-order valence-corrected chi connectivity index (χ3v) is 8.99. The molecule has 0 saturated carbocycles. The predicted molar refractivity (Wildman–Crippen MR) is 198 cm³/mol. The van der Waals surface area contributed by atoms with Crippen LogP contribution in [0.2, 0.25) is 0 Å². The van der Waals surface area contributed by atoms with Crippen LogP contribution in [0.25, 0.3) is 0 Å². The van der Waals surface area contributed by atoms with Crippen LogP contribution in [0.4, 0.5) is 0 Å². The molecule has 0 amide bonds. The molecule has 302 valence electrons. The molecular formula is C38H68NO12P. The van der Waals surface area contributed by atoms with Gasteiger partial charge in [0.2, 0.25) is 0 Å². The van der Waals surface area contributed by atoms with Gasteiger partial charge in [-0.2, -0.15) is 0 Å². The van der Waals surface area contributed by atoms with E-state index in [2.05, 4.69) is 13.2 Å². The molecule has 13 nitrogen and oxygen atoms in total. The van der Waals surface area contributed by atoms with Gasteiger partial charge in [-0.1, -0.05) is 103 Å². The first-order valence-corrected chi connectivity index (χ1v) is 20.6. The second-order valence-corrected chi connectivity index (χ2v) is 15.4. The molecule has 0 radical (unpaired) electrons. The van der Waals surface area contributed by atoms with Crippen LogP contribution >= 0.6 is 7.82 Å². The van der Waals surface area contributed by atoms with Crippen molar-refractivity contribution in [3.63, 3.8) is 0 Å². The van der Waals surface area contributed by atoms with Crippen molar-refractivity contribution in [1.82, 2.24) is 0 Å². The van der Waals surface area contributed by atoms with Crippen LogP contribution in [0.3, 0.4) is 0 Å². The number of quaternary nitrogens is 1. The number of rotatable bonds is 36. The molecule has 0 fully saturated rings. The van der Waals surface area contributed by atoms with Gasteiger partial charge in [-0.05, 0) is 25.7 Å². The van der Waals surface area contributed by atoms with Crippen LogP contribution in [0, 0.1) is 0 Å².